The molecule has 1 unspecified atom stereocenters. The Morgan fingerprint density at radius 1 is 0.345 bits per heavy atom. The molecule has 2 aliphatic rings. The monoisotopic (exact) mass is 717 g/mol. The average Bonchev–Trinajstić information content (AvgIpc) is 3.55. The van der Waals surface area contributed by atoms with Crippen LogP contribution >= 0.6 is 11.8 Å². The fraction of sp³-hybridized carbons (Fsp3) is 0.0189. The van der Waals surface area contributed by atoms with E-state index in [1.54, 1.807) is 0 Å². The fourth-order valence-electron chi connectivity index (χ4n) is 9.28. The van der Waals surface area contributed by atoms with E-state index in [0.29, 0.717) is 0 Å². The van der Waals surface area contributed by atoms with Crippen LogP contribution in [0.25, 0.3) is 44.2 Å². The second kappa shape index (κ2) is 12.8. The van der Waals surface area contributed by atoms with Gasteiger partial charge in [-0.05, 0) is 91.7 Å². The number of fused-ring (bicyclic) bond motifs is 11. The number of hydrogen-bond acceptors (Lipinski definition) is 2. The van der Waals surface area contributed by atoms with Crippen molar-refractivity contribution >= 4 is 39.6 Å². The number of benzene rings is 9. The molecule has 0 N–H and O–H groups in total. The van der Waals surface area contributed by atoms with Gasteiger partial charge in [0.25, 0.3) is 0 Å². The minimum absolute atomic E-state index is 0.579. The minimum Gasteiger partial charge on any atom is -0.310 e. The summed E-state index contributed by atoms with van der Waals surface area (Å²) in [4.78, 5) is 5.13. The molecule has 9 aromatic rings. The van der Waals surface area contributed by atoms with Crippen LogP contribution in [0.3, 0.4) is 0 Å². The van der Waals surface area contributed by atoms with Gasteiger partial charge in [-0.2, -0.15) is 0 Å². The van der Waals surface area contributed by atoms with Crippen molar-refractivity contribution < 1.29 is 0 Å². The van der Waals surface area contributed by atoms with Crippen LogP contribution < -0.4 is 4.90 Å². The van der Waals surface area contributed by atoms with Crippen LogP contribution in [0, 0.1) is 0 Å². The zero-order valence-corrected chi connectivity index (χ0v) is 30.9. The summed E-state index contributed by atoms with van der Waals surface area (Å²) in [7, 11) is 0. The number of nitrogens with zero attached hydrogens (tertiary/aromatic N) is 1. The van der Waals surface area contributed by atoms with Crippen LogP contribution in [0.15, 0.2) is 222 Å². The van der Waals surface area contributed by atoms with Gasteiger partial charge in [0.2, 0.25) is 0 Å². The second-order valence-corrected chi connectivity index (χ2v) is 15.5. The van der Waals surface area contributed by atoms with Gasteiger partial charge in [0.15, 0.2) is 0 Å². The maximum absolute atomic E-state index is 2.53. The number of para-hydroxylation sites is 1. The van der Waals surface area contributed by atoms with E-state index < -0.39 is 5.41 Å². The Hall–Kier alpha value is -6.61. The highest BCUT2D eigenvalue weighted by Gasteiger charge is 2.52. The van der Waals surface area contributed by atoms with Crippen LogP contribution in [0.1, 0.15) is 22.3 Å². The van der Waals surface area contributed by atoms with Gasteiger partial charge in [0.1, 0.15) is 0 Å². The Balaban J connectivity index is 1.27. The normalized spacial score (nSPS) is 14.9. The van der Waals surface area contributed by atoms with E-state index in [9.17, 15) is 0 Å². The molecule has 1 nitrogen and oxygen atoms in total. The molecule has 1 aliphatic heterocycles. The second-order valence-electron chi connectivity index (χ2n) is 14.4. The standard InChI is InChI=1S/C53H35NS/c1-3-16-36(17-4-1)37-30-33-40(34-31-37)54(47-27-13-10-21-41(47)38-18-5-2-6-19-38)48-28-15-24-44-43-23-9-11-25-45(43)53(51(44)48)46-26-12-14-29-49(46)55-50-35-32-39-20-7-8-22-42(39)52(50)53/h1-35H. The van der Waals surface area contributed by atoms with Crippen molar-refractivity contribution in [2.24, 2.45) is 0 Å². The van der Waals surface area contributed by atoms with Gasteiger partial charge < -0.3 is 4.90 Å². The van der Waals surface area contributed by atoms with Gasteiger partial charge in [0.05, 0.1) is 16.8 Å². The highest BCUT2D eigenvalue weighted by Crippen LogP contribution is 2.66. The van der Waals surface area contributed by atoms with Gasteiger partial charge in [0, 0.05) is 26.6 Å². The van der Waals surface area contributed by atoms with Crippen molar-refractivity contribution in [2.45, 2.75) is 15.2 Å². The predicted octanol–water partition coefficient (Wildman–Crippen LogP) is 14.5. The Labute approximate surface area is 326 Å². The van der Waals surface area contributed by atoms with Crippen molar-refractivity contribution in [3.63, 3.8) is 0 Å². The molecule has 1 heterocycles. The first-order valence-electron chi connectivity index (χ1n) is 18.9. The number of hydrogen-bond donors (Lipinski definition) is 0. The molecule has 1 aliphatic carbocycles. The molecule has 0 amide bonds. The van der Waals surface area contributed by atoms with Crippen molar-refractivity contribution in [1.29, 1.82) is 0 Å². The smallest absolute Gasteiger partial charge is 0.0762 e. The summed E-state index contributed by atoms with van der Waals surface area (Å²) in [5, 5.41) is 2.55. The predicted molar refractivity (Wildman–Crippen MR) is 231 cm³/mol. The Morgan fingerprint density at radius 2 is 0.945 bits per heavy atom. The van der Waals surface area contributed by atoms with Crippen LogP contribution in [0.4, 0.5) is 17.1 Å². The third-order valence-corrected chi connectivity index (χ3v) is 12.7. The van der Waals surface area contributed by atoms with Crippen molar-refractivity contribution in [1.82, 2.24) is 0 Å². The highest BCUT2D eigenvalue weighted by atomic mass is 32.2. The first-order chi connectivity index (χ1) is 27.3. The van der Waals surface area contributed by atoms with E-state index in [2.05, 4.69) is 217 Å². The van der Waals surface area contributed by atoms with E-state index >= 15 is 0 Å². The average molecular weight is 718 g/mol. The SMILES string of the molecule is c1ccc(-c2ccc(N(c3ccccc3-c3ccccc3)c3cccc4c3C3(c5ccccc5Sc5ccc6ccccc6c53)c3ccccc3-4)cc2)cc1. The summed E-state index contributed by atoms with van der Waals surface area (Å²) >= 11 is 1.90. The summed E-state index contributed by atoms with van der Waals surface area (Å²) < 4.78 is 0. The molecule has 1 spiro atoms. The van der Waals surface area contributed by atoms with E-state index in [1.807, 2.05) is 11.8 Å². The molecular weight excluding hydrogens is 683 g/mol. The highest BCUT2D eigenvalue weighted by molar-refractivity contribution is 7.99. The van der Waals surface area contributed by atoms with Gasteiger partial charge in [-0.3, -0.25) is 0 Å². The van der Waals surface area contributed by atoms with Crippen molar-refractivity contribution in [2.75, 3.05) is 4.90 Å². The van der Waals surface area contributed by atoms with E-state index in [0.717, 1.165) is 11.4 Å². The lowest BCUT2D eigenvalue weighted by atomic mass is 9.65. The fourth-order valence-corrected chi connectivity index (χ4v) is 10.5. The third kappa shape index (κ3) is 4.82. The summed E-state index contributed by atoms with van der Waals surface area (Å²) in [5.41, 5.74) is 15.5. The molecule has 0 radical (unpaired) electrons. The van der Waals surface area contributed by atoms with Crippen molar-refractivity contribution in [3.8, 4) is 33.4 Å². The first-order valence-corrected chi connectivity index (χ1v) is 19.8. The number of rotatable bonds is 5. The molecule has 9 aromatic carbocycles. The van der Waals surface area contributed by atoms with Crippen LogP contribution in [-0.4, -0.2) is 0 Å². The lowest BCUT2D eigenvalue weighted by Gasteiger charge is -2.42. The Kier molecular flexibility index (Phi) is 7.40. The molecule has 1 atom stereocenters. The summed E-state index contributed by atoms with van der Waals surface area (Å²) in [6.45, 7) is 0. The Bertz CT molecular complexity index is 2900. The topological polar surface area (TPSA) is 3.24 Å². The molecule has 55 heavy (non-hydrogen) atoms. The van der Waals surface area contributed by atoms with E-state index in [-0.39, 0.29) is 0 Å². The quantitative estimate of drug-likeness (QED) is 0.174. The number of anilines is 3. The zero-order chi connectivity index (χ0) is 36.3. The molecule has 0 fully saturated rings. The maximum Gasteiger partial charge on any atom is 0.0762 e. The Morgan fingerprint density at radius 3 is 1.76 bits per heavy atom. The summed E-state index contributed by atoms with van der Waals surface area (Å²) in [6, 6.07) is 78.3. The molecular formula is C53H35NS. The van der Waals surface area contributed by atoms with Crippen LogP contribution in [-0.2, 0) is 5.41 Å². The lowest BCUT2D eigenvalue weighted by molar-refractivity contribution is 0.730. The van der Waals surface area contributed by atoms with Gasteiger partial charge in [-0.15, -0.1) is 0 Å². The largest absolute Gasteiger partial charge is 0.310 e. The van der Waals surface area contributed by atoms with Crippen LogP contribution in [0.5, 0.6) is 0 Å². The molecule has 0 saturated heterocycles. The minimum atomic E-state index is -0.579. The lowest BCUT2D eigenvalue weighted by Crippen LogP contribution is -2.33. The van der Waals surface area contributed by atoms with Gasteiger partial charge >= 0.3 is 0 Å². The zero-order valence-electron chi connectivity index (χ0n) is 30.1. The van der Waals surface area contributed by atoms with Gasteiger partial charge in [-0.25, -0.2) is 0 Å². The molecule has 0 aromatic heterocycles. The third-order valence-electron chi connectivity index (χ3n) is 11.5. The molecule has 0 saturated carbocycles. The van der Waals surface area contributed by atoms with E-state index in [1.165, 1.54) is 81.9 Å². The van der Waals surface area contributed by atoms with Crippen molar-refractivity contribution in [3.05, 3.63) is 235 Å². The molecule has 0 bridgehead atoms. The van der Waals surface area contributed by atoms with E-state index in [4.69, 9.17) is 0 Å². The van der Waals surface area contributed by atoms with Gasteiger partial charge in [-0.1, -0.05) is 188 Å². The molecule has 2 heteroatoms. The molecule has 11 rings (SSSR count). The molecule has 258 valence electrons. The first kappa shape index (κ1) is 31.9. The summed E-state index contributed by atoms with van der Waals surface area (Å²) in [5.74, 6) is 0. The maximum atomic E-state index is 2.53. The summed E-state index contributed by atoms with van der Waals surface area (Å²) in [6.07, 6.45) is 0. The van der Waals surface area contributed by atoms with Crippen LogP contribution in [0.2, 0.25) is 0 Å².